The third-order valence-corrected chi connectivity index (χ3v) is 2.29. The van der Waals surface area contributed by atoms with Gasteiger partial charge in [0.05, 0.1) is 11.9 Å². The molecule has 0 atom stereocenters. The van der Waals surface area contributed by atoms with Crippen LogP contribution in [0.25, 0.3) is 0 Å². The van der Waals surface area contributed by atoms with Crippen LogP contribution in [0.5, 0.6) is 0 Å². The maximum Gasteiger partial charge on any atom is 0.0725 e. The van der Waals surface area contributed by atoms with E-state index in [0.717, 1.165) is 13.0 Å². The highest BCUT2D eigenvalue weighted by atomic mass is 15.4. The van der Waals surface area contributed by atoms with Gasteiger partial charge in [0, 0.05) is 6.54 Å². The number of unbranched alkanes of at least 4 members (excludes halogenated alkanes) is 2. The Morgan fingerprint density at radius 2 is 2.14 bits per heavy atom. The first-order valence-electron chi connectivity index (χ1n) is 5.61. The van der Waals surface area contributed by atoms with Gasteiger partial charge in [0.25, 0.3) is 0 Å². The van der Waals surface area contributed by atoms with Gasteiger partial charge in [-0.2, -0.15) is 0 Å². The third kappa shape index (κ3) is 3.48. The summed E-state index contributed by atoms with van der Waals surface area (Å²) >= 11 is 0. The highest BCUT2D eigenvalue weighted by molar-refractivity contribution is 4.94. The molecule has 1 aromatic heterocycles. The number of aryl methyl sites for hydroxylation is 1. The third-order valence-electron chi connectivity index (χ3n) is 2.29. The molecule has 0 unspecified atom stereocenters. The van der Waals surface area contributed by atoms with Gasteiger partial charge >= 0.3 is 0 Å². The molecule has 0 saturated heterocycles. The minimum Gasteiger partial charge on any atom is -0.249 e. The van der Waals surface area contributed by atoms with E-state index in [0.29, 0.717) is 5.92 Å². The van der Waals surface area contributed by atoms with Gasteiger partial charge in [-0.1, -0.05) is 38.8 Å². The van der Waals surface area contributed by atoms with Crippen LogP contribution in [0.1, 0.15) is 45.7 Å². The highest BCUT2D eigenvalue weighted by Gasteiger charge is 2.05. The molecular weight excluding hydrogens is 174 g/mol. The predicted octanol–water partition coefficient (Wildman–Crippen LogP) is 2.67. The number of hydrogen-bond acceptors (Lipinski definition) is 2. The van der Waals surface area contributed by atoms with Crippen molar-refractivity contribution in [3.8, 4) is 0 Å². The summed E-state index contributed by atoms with van der Waals surface area (Å²) in [4.78, 5) is 0. The Kier molecular flexibility index (Phi) is 4.63. The summed E-state index contributed by atoms with van der Waals surface area (Å²) < 4.78 is 2.05. The summed E-state index contributed by atoms with van der Waals surface area (Å²) in [5.74, 6) is 0.679. The Morgan fingerprint density at radius 3 is 2.79 bits per heavy atom. The van der Waals surface area contributed by atoms with Crippen LogP contribution in [0.15, 0.2) is 6.20 Å². The van der Waals surface area contributed by atoms with Crippen LogP contribution in [0, 0.1) is 5.92 Å². The Morgan fingerprint density at radius 1 is 1.36 bits per heavy atom. The van der Waals surface area contributed by atoms with Crippen molar-refractivity contribution in [2.45, 2.75) is 53.0 Å². The van der Waals surface area contributed by atoms with Crippen molar-refractivity contribution >= 4 is 0 Å². The van der Waals surface area contributed by atoms with E-state index in [1.54, 1.807) is 0 Å². The smallest absolute Gasteiger partial charge is 0.0725 e. The Bertz CT molecular complexity index is 253. The molecule has 0 aliphatic heterocycles. The summed E-state index contributed by atoms with van der Waals surface area (Å²) in [5, 5.41) is 8.07. The lowest BCUT2D eigenvalue weighted by atomic mass is 10.1. The second-order valence-corrected chi connectivity index (χ2v) is 4.25. The molecule has 0 aliphatic rings. The second-order valence-electron chi connectivity index (χ2n) is 4.25. The molecule has 0 spiro atoms. The van der Waals surface area contributed by atoms with Crippen LogP contribution in [0.4, 0.5) is 0 Å². The Balaban J connectivity index is 2.45. The first kappa shape index (κ1) is 11.2. The van der Waals surface area contributed by atoms with Gasteiger partial charge in [-0.3, -0.25) is 0 Å². The topological polar surface area (TPSA) is 30.7 Å². The SMILES string of the molecule is CCCCCn1nncc1CC(C)C. The van der Waals surface area contributed by atoms with Crippen molar-refractivity contribution in [2.75, 3.05) is 0 Å². The van der Waals surface area contributed by atoms with Crippen molar-refractivity contribution in [3.63, 3.8) is 0 Å². The fourth-order valence-corrected chi connectivity index (χ4v) is 1.56. The van der Waals surface area contributed by atoms with Crippen LogP contribution in [0.3, 0.4) is 0 Å². The lowest BCUT2D eigenvalue weighted by Crippen LogP contribution is -2.07. The Labute approximate surface area is 86.5 Å². The standard InChI is InChI=1S/C11H21N3/c1-4-5-6-7-14-11(8-10(2)3)9-12-13-14/h9-10H,4-8H2,1-3H3. The highest BCUT2D eigenvalue weighted by Crippen LogP contribution is 2.07. The van der Waals surface area contributed by atoms with Crippen LogP contribution < -0.4 is 0 Å². The molecule has 14 heavy (non-hydrogen) atoms. The van der Waals surface area contributed by atoms with Gasteiger partial charge in [-0.15, -0.1) is 5.10 Å². The lowest BCUT2D eigenvalue weighted by molar-refractivity contribution is 0.501. The molecular formula is C11H21N3. The van der Waals surface area contributed by atoms with Gasteiger partial charge in [0.2, 0.25) is 0 Å². The van der Waals surface area contributed by atoms with Crippen LogP contribution in [-0.4, -0.2) is 15.0 Å². The number of hydrogen-bond donors (Lipinski definition) is 0. The van der Waals surface area contributed by atoms with Crippen LogP contribution in [0.2, 0.25) is 0 Å². The predicted molar refractivity (Wildman–Crippen MR) is 58.1 cm³/mol. The van der Waals surface area contributed by atoms with E-state index < -0.39 is 0 Å². The molecule has 1 aromatic rings. The molecule has 0 bridgehead atoms. The average molecular weight is 195 g/mol. The van der Waals surface area contributed by atoms with E-state index in [4.69, 9.17) is 0 Å². The van der Waals surface area contributed by atoms with Crippen molar-refractivity contribution in [1.29, 1.82) is 0 Å². The van der Waals surface area contributed by atoms with E-state index in [9.17, 15) is 0 Å². The maximum atomic E-state index is 4.11. The summed E-state index contributed by atoms with van der Waals surface area (Å²) in [7, 11) is 0. The summed E-state index contributed by atoms with van der Waals surface area (Å²) in [5.41, 5.74) is 1.27. The van der Waals surface area contributed by atoms with Crippen LogP contribution >= 0.6 is 0 Å². The van der Waals surface area contributed by atoms with E-state index in [1.807, 2.05) is 6.20 Å². The number of nitrogens with zero attached hydrogens (tertiary/aromatic N) is 3. The zero-order chi connectivity index (χ0) is 10.4. The molecule has 80 valence electrons. The summed E-state index contributed by atoms with van der Waals surface area (Å²) in [6.45, 7) is 7.69. The second kappa shape index (κ2) is 5.78. The average Bonchev–Trinajstić information content (AvgIpc) is 2.52. The van der Waals surface area contributed by atoms with Gasteiger partial charge in [-0.25, -0.2) is 4.68 Å². The molecule has 0 saturated carbocycles. The molecule has 0 radical (unpaired) electrons. The van der Waals surface area contributed by atoms with Crippen molar-refractivity contribution in [1.82, 2.24) is 15.0 Å². The monoisotopic (exact) mass is 195 g/mol. The maximum absolute atomic E-state index is 4.11. The minimum absolute atomic E-state index is 0.679. The van der Waals surface area contributed by atoms with Crippen molar-refractivity contribution in [2.24, 2.45) is 5.92 Å². The molecule has 3 heteroatoms. The molecule has 0 amide bonds. The fourth-order valence-electron chi connectivity index (χ4n) is 1.56. The van der Waals surface area contributed by atoms with Gasteiger partial charge in [0.1, 0.15) is 0 Å². The molecule has 1 rings (SSSR count). The van der Waals surface area contributed by atoms with E-state index in [1.165, 1.54) is 25.0 Å². The van der Waals surface area contributed by atoms with E-state index in [2.05, 4.69) is 35.8 Å². The molecule has 0 N–H and O–H groups in total. The van der Waals surface area contributed by atoms with Gasteiger partial charge in [0.15, 0.2) is 0 Å². The summed E-state index contributed by atoms with van der Waals surface area (Å²) in [6, 6.07) is 0. The first-order valence-corrected chi connectivity index (χ1v) is 5.61. The molecule has 0 aromatic carbocycles. The molecule has 0 fully saturated rings. The van der Waals surface area contributed by atoms with E-state index in [-0.39, 0.29) is 0 Å². The molecule has 1 heterocycles. The first-order chi connectivity index (χ1) is 6.74. The zero-order valence-corrected chi connectivity index (χ0v) is 9.53. The zero-order valence-electron chi connectivity index (χ0n) is 9.53. The molecule has 3 nitrogen and oxygen atoms in total. The largest absolute Gasteiger partial charge is 0.249 e. The number of aromatic nitrogens is 3. The summed E-state index contributed by atoms with van der Waals surface area (Å²) in [6.07, 6.45) is 6.73. The lowest BCUT2D eigenvalue weighted by Gasteiger charge is -2.07. The van der Waals surface area contributed by atoms with Gasteiger partial charge < -0.3 is 0 Å². The van der Waals surface area contributed by atoms with Crippen molar-refractivity contribution in [3.05, 3.63) is 11.9 Å². The van der Waals surface area contributed by atoms with E-state index >= 15 is 0 Å². The Hall–Kier alpha value is -0.860. The minimum atomic E-state index is 0.679. The molecule has 0 aliphatic carbocycles. The normalized spacial score (nSPS) is 11.1. The van der Waals surface area contributed by atoms with Crippen LogP contribution in [-0.2, 0) is 13.0 Å². The number of rotatable bonds is 6. The van der Waals surface area contributed by atoms with Crippen molar-refractivity contribution < 1.29 is 0 Å². The quantitative estimate of drug-likeness (QED) is 0.653. The fraction of sp³-hybridized carbons (Fsp3) is 0.818. The van der Waals surface area contributed by atoms with Gasteiger partial charge in [-0.05, 0) is 18.8 Å².